The van der Waals surface area contributed by atoms with Gasteiger partial charge in [0.2, 0.25) is 0 Å². The molecule has 0 spiro atoms. The molecule has 0 rings (SSSR count). The third kappa shape index (κ3) is 3.28. The lowest BCUT2D eigenvalue weighted by atomic mass is 9.98. The minimum atomic E-state index is -0.269. The van der Waals surface area contributed by atoms with E-state index in [4.69, 9.17) is 5.41 Å². The summed E-state index contributed by atoms with van der Waals surface area (Å²) in [5.74, 6) is -0.269. The van der Waals surface area contributed by atoms with Crippen molar-refractivity contribution in [2.75, 3.05) is 6.54 Å². The monoisotopic (exact) mass is 156 g/mol. The molecule has 0 aliphatic carbocycles. The first kappa shape index (κ1) is 10.3. The van der Waals surface area contributed by atoms with E-state index in [-0.39, 0.29) is 12.0 Å². The summed E-state index contributed by atoms with van der Waals surface area (Å²) < 4.78 is 0. The summed E-state index contributed by atoms with van der Waals surface area (Å²) >= 11 is 0. The Hall–Kier alpha value is -0.700. The molecule has 0 heterocycles. The first-order valence-corrected chi connectivity index (χ1v) is 3.87. The predicted octanol–water partition coefficient (Wildman–Crippen LogP) is 0.839. The van der Waals surface area contributed by atoms with Gasteiger partial charge in [0.25, 0.3) is 0 Å². The van der Waals surface area contributed by atoms with Gasteiger partial charge in [-0.05, 0) is 20.4 Å². The molecule has 0 aromatic carbocycles. The fourth-order valence-electron chi connectivity index (χ4n) is 1.04. The Balaban J connectivity index is 4.02. The zero-order chi connectivity index (χ0) is 8.85. The van der Waals surface area contributed by atoms with Crippen LogP contribution in [-0.4, -0.2) is 24.6 Å². The van der Waals surface area contributed by atoms with Gasteiger partial charge in [0.05, 0.1) is 5.92 Å². The van der Waals surface area contributed by atoms with E-state index in [2.05, 4.69) is 5.32 Å². The molecule has 2 N–H and O–H groups in total. The zero-order valence-electron chi connectivity index (χ0n) is 7.35. The lowest BCUT2D eigenvalue weighted by Gasteiger charge is -2.17. The molecule has 11 heavy (non-hydrogen) atoms. The molecule has 0 bridgehead atoms. The van der Waals surface area contributed by atoms with Crippen LogP contribution in [0.3, 0.4) is 0 Å². The topological polar surface area (TPSA) is 53.0 Å². The smallest absolute Gasteiger partial charge is 0.130 e. The molecule has 0 amide bonds. The average molecular weight is 156 g/mol. The van der Waals surface area contributed by atoms with Crippen molar-refractivity contribution in [2.45, 2.75) is 26.8 Å². The van der Waals surface area contributed by atoms with E-state index in [1.54, 1.807) is 6.92 Å². The van der Waals surface area contributed by atoms with Crippen molar-refractivity contribution in [3.05, 3.63) is 0 Å². The van der Waals surface area contributed by atoms with Gasteiger partial charge in [-0.3, -0.25) is 0 Å². The Labute approximate surface area is 67.7 Å². The van der Waals surface area contributed by atoms with E-state index < -0.39 is 0 Å². The third-order valence-electron chi connectivity index (χ3n) is 1.71. The summed E-state index contributed by atoms with van der Waals surface area (Å²) in [5, 5.41) is 10.4. The zero-order valence-corrected chi connectivity index (χ0v) is 7.35. The Morgan fingerprint density at radius 1 is 1.73 bits per heavy atom. The number of rotatable bonds is 5. The highest BCUT2D eigenvalue weighted by atomic mass is 16.1. The summed E-state index contributed by atoms with van der Waals surface area (Å²) in [4.78, 5) is 10.5. The molecule has 1 unspecified atom stereocenters. The third-order valence-corrected chi connectivity index (χ3v) is 1.71. The second-order valence-electron chi connectivity index (χ2n) is 2.69. The van der Waals surface area contributed by atoms with E-state index >= 15 is 0 Å². The number of carbonyl (C=O) groups is 1. The maximum absolute atomic E-state index is 10.5. The van der Waals surface area contributed by atoms with Gasteiger partial charge in [0.1, 0.15) is 6.29 Å². The van der Waals surface area contributed by atoms with Crippen LogP contribution in [-0.2, 0) is 4.79 Å². The Kier molecular flexibility index (Phi) is 4.70. The first-order chi connectivity index (χ1) is 5.13. The van der Waals surface area contributed by atoms with E-state index in [1.807, 2.05) is 13.8 Å². The molecule has 0 aromatic rings. The van der Waals surface area contributed by atoms with Crippen molar-refractivity contribution >= 4 is 12.0 Å². The van der Waals surface area contributed by atoms with Gasteiger partial charge in [0, 0.05) is 11.8 Å². The van der Waals surface area contributed by atoms with Crippen molar-refractivity contribution in [3.63, 3.8) is 0 Å². The molecule has 0 aliphatic rings. The van der Waals surface area contributed by atoms with Gasteiger partial charge >= 0.3 is 0 Å². The summed E-state index contributed by atoms with van der Waals surface area (Å²) in [6.45, 7) is 6.39. The van der Waals surface area contributed by atoms with E-state index in [1.165, 1.54) is 0 Å². The van der Waals surface area contributed by atoms with Crippen LogP contribution in [0, 0.1) is 11.3 Å². The van der Waals surface area contributed by atoms with Gasteiger partial charge in [0.15, 0.2) is 0 Å². The number of hydrogen-bond donors (Lipinski definition) is 2. The highest BCUT2D eigenvalue weighted by Crippen LogP contribution is 2.01. The molecule has 0 fully saturated rings. The predicted molar refractivity (Wildman–Crippen MR) is 46.1 cm³/mol. The Morgan fingerprint density at radius 2 is 2.27 bits per heavy atom. The molecular formula is C8H16N2O. The van der Waals surface area contributed by atoms with Crippen LogP contribution in [0.15, 0.2) is 0 Å². The fraction of sp³-hybridized carbons (Fsp3) is 0.750. The lowest BCUT2D eigenvalue weighted by molar-refractivity contribution is -0.109. The van der Waals surface area contributed by atoms with Crippen molar-refractivity contribution < 1.29 is 4.79 Å². The van der Waals surface area contributed by atoms with Crippen LogP contribution >= 0.6 is 0 Å². The minimum absolute atomic E-state index is 0.0787. The van der Waals surface area contributed by atoms with Crippen LogP contribution < -0.4 is 5.32 Å². The molecule has 0 saturated carbocycles. The van der Waals surface area contributed by atoms with E-state index in [0.717, 1.165) is 12.8 Å². The number of nitrogens with one attached hydrogen (secondary N) is 2. The first-order valence-electron chi connectivity index (χ1n) is 3.87. The largest absolute Gasteiger partial charge is 0.313 e. The van der Waals surface area contributed by atoms with Crippen LogP contribution in [0.2, 0.25) is 0 Å². The molecule has 3 nitrogen and oxygen atoms in total. The minimum Gasteiger partial charge on any atom is -0.313 e. The average Bonchev–Trinajstić information content (AvgIpc) is 1.88. The van der Waals surface area contributed by atoms with Crippen molar-refractivity contribution in [1.29, 1.82) is 5.41 Å². The standard InChI is InChI=1S/C8H16N2O/c1-4-10-7(3)8(5-11)6(2)9/h5,7-10H,4H2,1-3H3/t7?,8-/m1/s1. The van der Waals surface area contributed by atoms with Gasteiger partial charge < -0.3 is 15.5 Å². The van der Waals surface area contributed by atoms with Crippen LogP contribution in [0.1, 0.15) is 20.8 Å². The summed E-state index contributed by atoms with van der Waals surface area (Å²) in [6, 6.07) is 0.0787. The summed E-state index contributed by atoms with van der Waals surface area (Å²) in [5.41, 5.74) is 0.424. The summed E-state index contributed by atoms with van der Waals surface area (Å²) in [7, 11) is 0. The second-order valence-corrected chi connectivity index (χ2v) is 2.69. The molecule has 64 valence electrons. The van der Waals surface area contributed by atoms with Crippen molar-refractivity contribution in [1.82, 2.24) is 5.32 Å². The van der Waals surface area contributed by atoms with Crippen LogP contribution in [0.4, 0.5) is 0 Å². The van der Waals surface area contributed by atoms with E-state index in [0.29, 0.717) is 5.71 Å². The maximum Gasteiger partial charge on any atom is 0.130 e. The highest BCUT2D eigenvalue weighted by molar-refractivity contribution is 5.94. The molecule has 3 heteroatoms. The molecule has 0 aliphatic heterocycles. The van der Waals surface area contributed by atoms with E-state index in [9.17, 15) is 4.79 Å². The number of carbonyl (C=O) groups excluding carboxylic acids is 1. The summed E-state index contributed by atoms with van der Waals surface area (Å²) in [6.07, 6.45) is 0.829. The number of aldehydes is 1. The lowest BCUT2D eigenvalue weighted by Crippen LogP contribution is -2.37. The Morgan fingerprint density at radius 3 is 2.55 bits per heavy atom. The highest BCUT2D eigenvalue weighted by Gasteiger charge is 2.16. The SMILES string of the molecule is CCNC(C)[C@H](C=O)C(C)=N. The van der Waals surface area contributed by atoms with Gasteiger partial charge in [-0.1, -0.05) is 6.92 Å². The number of hydrogen-bond acceptors (Lipinski definition) is 3. The molecule has 0 aromatic heterocycles. The Bertz CT molecular complexity index is 145. The maximum atomic E-state index is 10.5. The second kappa shape index (κ2) is 5.02. The molecule has 0 saturated heterocycles. The molecular weight excluding hydrogens is 140 g/mol. The van der Waals surface area contributed by atoms with Gasteiger partial charge in [-0.15, -0.1) is 0 Å². The van der Waals surface area contributed by atoms with Gasteiger partial charge in [-0.25, -0.2) is 0 Å². The normalized spacial score (nSPS) is 15.5. The quantitative estimate of drug-likeness (QED) is 0.458. The van der Waals surface area contributed by atoms with Crippen molar-refractivity contribution in [3.8, 4) is 0 Å². The van der Waals surface area contributed by atoms with Crippen LogP contribution in [0.5, 0.6) is 0 Å². The molecule has 2 atom stereocenters. The van der Waals surface area contributed by atoms with Crippen molar-refractivity contribution in [2.24, 2.45) is 5.92 Å². The van der Waals surface area contributed by atoms with Gasteiger partial charge in [-0.2, -0.15) is 0 Å². The molecule has 0 radical (unpaired) electrons. The van der Waals surface area contributed by atoms with Crippen LogP contribution in [0.25, 0.3) is 0 Å². The fourth-order valence-corrected chi connectivity index (χ4v) is 1.04.